The molecule has 0 aromatic carbocycles. The maximum Gasteiger partial charge on any atom is 2.00 e. The van der Waals surface area contributed by atoms with Gasteiger partial charge in [-0.1, -0.05) is 336 Å². The molecule has 0 heterocycles. The normalized spacial score (nSPS) is 11.9. The van der Waals surface area contributed by atoms with Crippen LogP contribution in [-0.2, 0) is 28.7 Å². The first kappa shape index (κ1) is 80.4. The van der Waals surface area contributed by atoms with Gasteiger partial charge in [0.2, 0.25) is 0 Å². The molecule has 0 bridgehead atoms. The zero-order valence-electron chi connectivity index (χ0n) is 52.1. The van der Waals surface area contributed by atoms with Crippen molar-refractivity contribution in [3.8, 4) is 0 Å². The van der Waals surface area contributed by atoms with Crippen molar-refractivity contribution < 1.29 is 38.9 Å². The Hall–Kier alpha value is -0.860. The number of carboxylic acids is 2. The van der Waals surface area contributed by atoms with Crippen LogP contribution in [0, 0.1) is 0 Å². The first-order valence-corrected chi connectivity index (χ1v) is 34.0. The van der Waals surface area contributed by atoms with Gasteiger partial charge in [-0.25, -0.2) is 0 Å². The van der Waals surface area contributed by atoms with E-state index in [1.165, 1.54) is 283 Å². The van der Waals surface area contributed by atoms with Gasteiger partial charge in [-0.2, -0.15) is 0 Å². The maximum absolute atomic E-state index is 12.2. The number of carboxylic acid groups (broad SMARTS) is 2. The second-order valence-electron chi connectivity index (χ2n) is 23.4. The summed E-state index contributed by atoms with van der Waals surface area (Å²) in [5, 5.41) is 22.2. The second kappa shape index (κ2) is 69.4. The molecule has 452 valence electrons. The van der Waals surface area contributed by atoms with Crippen molar-refractivity contribution in [2.75, 3.05) is 0 Å². The largest absolute Gasteiger partial charge is 2.00 e. The second-order valence-corrected chi connectivity index (χ2v) is 23.4. The molecule has 2 atom stereocenters. The molecule has 0 aromatic heterocycles. The van der Waals surface area contributed by atoms with Crippen LogP contribution in [0.15, 0.2) is 0 Å². The van der Waals surface area contributed by atoms with Gasteiger partial charge >= 0.3 is 49.7 Å². The molecule has 0 rings (SSSR count). The molecule has 77 heavy (non-hydrogen) atoms. The average molecular weight is 1120 g/mol. The molecule has 0 saturated heterocycles. The zero-order chi connectivity index (χ0) is 55.9. The van der Waals surface area contributed by atoms with Gasteiger partial charge in [0.1, 0.15) is 12.2 Å². The zero-order valence-corrected chi connectivity index (χ0v) is 54.3. The summed E-state index contributed by atoms with van der Waals surface area (Å²) in [5.41, 5.74) is 0. The van der Waals surface area contributed by atoms with Gasteiger partial charge in [0.15, 0.2) is 0 Å². The number of hydrogen-bond donors (Lipinski definition) is 0. The summed E-state index contributed by atoms with van der Waals surface area (Å²) in [6.07, 6.45) is 67.1. The number of carbonyl (C=O) groups is 4. The van der Waals surface area contributed by atoms with Crippen LogP contribution in [0.25, 0.3) is 0 Å². The summed E-state index contributed by atoms with van der Waals surface area (Å²) < 4.78 is 11.0. The molecule has 0 fully saturated rings. The number of ether oxygens (including phenoxy) is 2. The monoisotopic (exact) mass is 1110 g/mol. The van der Waals surface area contributed by atoms with Gasteiger partial charge in [-0.3, -0.25) is 9.59 Å². The standard InChI is InChI=1S/2C34H66O4.Ca/c2*1-3-5-7-9-11-13-15-17-19-21-23-25-27-29-32(31-33(35)36)38-34(37)30-28-26-24-22-20-18-16-14-12-10-8-6-4-2;/h2*32H,3-31H2,1-2H3,(H,35,36);/q;;+2/p-2. The molecule has 0 aliphatic heterocycles. The number of unbranched alkanes of at least 4 members (excludes halogenated alkanes) is 48. The van der Waals surface area contributed by atoms with Crippen molar-refractivity contribution >= 4 is 61.6 Å². The third-order valence-corrected chi connectivity index (χ3v) is 15.6. The van der Waals surface area contributed by atoms with Crippen molar-refractivity contribution in [2.24, 2.45) is 0 Å². The number of esters is 2. The van der Waals surface area contributed by atoms with E-state index in [1.54, 1.807) is 0 Å². The van der Waals surface area contributed by atoms with E-state index < -0.39 is 24.1 Å². The summed E-state index contributed by atoms with van der Waals surface area (Å²) in [6.45, 7) is 9.05. The number of carbonyl (C=O) groups excluding carboxylic acids is 4. The fraction of sp³-hybridized carbons (Fsp3) is 0.941. The summed E-state index contributed by atoms with van der Waals surface area (Å²) in [5.74, 6) is -2.74. The Labute approximate surface area is 509 Å². The Balaban J connectivity index is -0.00000140. The third kappa shape index (κ3) is 71.2. The van der Waals surface area contributed by atoms with Crippen LogP contribution in [0.2, 0.25) is 0 Å². The van der Waals surface area contributed by atoms with E-state index in [1.807, 2.05) is 0 Å². The van der Waals surface area contributed by atoms with Gasteiger partial charge in [0.05, 0.1) is 0 Å². The Morgan fingerprint density at radius 2 is 0.416 bits per heavy atom. The summed E-state index contributed by atoms with van der Waals surface area (Å²) >= 11 is 0. The van der Waals surface area contributed by atoms with E-state index in [2.05, 4.69) is 27.7 Å². The van der Waals surface area contributed by atoms with E-state index in [9.17, 15) is 29.4 Å². The molecule has 0 radical (unpaired) electrons. The van der Waals surface area contributed by atoms with E-state index >= 15 is 0 Å². The van der Waals surface area contributed by atoms with E-state index in [4.69, 9.17) is 9.47 Å². The van der Waals surface area contributed by atoms with Crippen LogP contribution in [-0.4, -0.2) is 73.8 Å². The van der Waals surface area contributed by atoms with E-state index in [0.29, 0.717) is 25.7 Å². The quantitative estimate of drug-likeness (QED) is 0.0334. The van der Waals surface area contributed by atoms with Crippen molar-refractivity contribution in [1.82, 2.24) is 0 Å². The molecule has 9 heteroatoms. The molecule has 0 saturated carbocycles. The summed E-state index contributed by atoms with van der Waals surface area (Å²) in [7, 11) is 0. The molecule has 8 nitrogen and oxygen atoms in total. The van der Waals surface area contributed by atoms with Crippen LogP contribution < -0.4 is 10.2 Å². The fourth-order valence-electron chi connectivity index (χ4n) is 10.6. The molecule has 0 N–H and O–H groups in total. The van der Waals surface area contributed by atoms with Crippen LogP contribution in [0.3, 0.4) is 0 Å². The number of hydrogen-bond acceptors (Lipinski definition) is 8. The van der Waals surface area contributed by atoms with Gasteiger partial charge in [-0.05, 0) is 38.5 Å². The molecule has 0 spiro atoms. The SMILES string of the molecule is CCCCCCCCCCCCCCCC(=O)OC(CCCCCCCCCCCCCCC)CC(=O)[O-].CCCCCCCCCCCCCCCC(=O)OC(CCCCCCCCCCCCCCC)CC(=O)[O-].[Ca+2]. The Morgan fingerprint density at radius 3 is 0.584 bits per heavy atom. The molecular formula is C68H130CaO8. The maximum atomic E-state index is 12.2. The van der Waals surface area contributed by atoms with Crippen LogP contribution >= 0.6 is 0 Å². The number of aliphatic carboxylic acids is 2. The van der Waals surface area contributed by atoms with E-state index in [0.717, 1.165) is 51.4 Å². The van der Waals surface area contributed by atoms with Crippen molar-refractivity contribution in [3.63, 3.8) is 0 Å². The average Bonchev–Trinajstić information content (AvgIpc) is 3.39. The van der Waals surface area contributed by atoms with E-state index in [-0.39, 0.29) is 62.5 Å². The minimum Gasteiger partial charge on any atom is -0.550 e. The van der Waals surface area contributed by atoms with Crippen LogP contribution in [0.4, 0.5) is 0 Å². The smallest absolute Gasteiger partial charge is 0.550 e. The Morgan fingerprint density at radius 1 is 0.260 bits per heavy atom. The minimum absolute atomic E-state index is 0. The first-order valence-electron chi connectivity index (χ1n) is 34.0. The Bertz CT molecular complexity index is 1110. The van der Waals surface area contributed by atoms with Gasteiger partial charge in [0.25, 0.3) is 0 Å². The first-order chi connectivity index (χ1) is 37.2. The predicted molar refractivity (Wildman–Crippen MR) is 326 cm³/mol. The van der Waals surface area contributed by atoms with Gasteiger partial charge in [0, 0.05) is 37.6 Å². The molecule has 0 aliphatic rings. The molecular weight excluding hydrogens is 985 g/mol. The molecule has 0 aliphatic carbocycles. The molecule has 0 amide bonds. The summed E-state index contributed by atoms with van der Waals surface area (Å²) in [4.78, 5) is 46.7. The van der Waals surface area contributed by atoms with Crippen molar-refractivity contribution in [2.45, 2.75) is 412 Å². The topological polar surface area (TPSA) is 133 Å². The van der Waals surface area contributed by atoms with Crippen LogP contribution in [0.5, 0.6) is 0 Å². The van der Waals surface area contributed by atoms with Crippen molar-refractivity contribution in [3.05, 3.63) is 0 Å². The van der Waals surface area contributed by atoms with Gasteiger partial charge < -0.3 is 29.3 Å². The van der Waals surface area contributed by atoms with Crippen LogP contribution in [0.1, 0.15) is 400 Å². The summed E-state index contributed by atoms with van der Waals surface area (Å²) in [6, 6.07) is 0. The van der Waals surface area contributed by atoms with Gasteiger partial charge in [-0.15, -0.1) is 0 Å². The molecule has 0 aromatic rings. The Kier molecular flexibility index (Phi) is 72.4. The van der Waals surface area contributed by atoms with Crippen molar-refractivity contribution in [1.29, 1.82) is 0 Å². The predicted octanol–water partition coefficient (Wildman–Crippen LogP) is 19.6. The molecule has 2 unspecified atom stereocenters. The number of rotatable bonds is 62. The fourth-order valence-corrected chi connectivity index (χ4v) is 10.6. The minimum atomic E-state index is -1.13. The third-order valence-electron chi connectivity index (χ3n) is 15.6.